The van der Waals surface area contributed by atoms with Crippen LogP contribution in [0.1, 0.15) is 46.8 Å². The van der Waals surface area contributed by atoms with Crippen LogP contribution in [0.4, 0.5) is 10.1 Å². The number of nitrogens with one attached hydrogen (secondary N) is 2. The van der Waals surface area contributed by atoms with Crippen molar-refractivity contribution in [2.75, 3.05) is 97.4 Å². The fourth-order valence-electron chi connectivity index (χ4n) is 7.72. The van der Waals surface area contributed by atoms with E-state index in [9.17, 15) is 14.4 Å². The topological polar surface area (TPSA) is 91.5 Å². The summed E-state index contributed by atoms with van der Waals surface area (Å²) in [4.78, 5) is 50.8. The van der Waals surface area contributed by atoms with Gasteiger partial charge in [0.2, 0.25) is 11.8 Å². The molecule has 2 N–H and O–H groups in total. The van der Waals surface area contributed by atoms with Crippen LogP contribution >= 0.6 is 0 Å². The zero-order valence-electron chi connectivity index (χ0n) is 31.7. The Morgan fingerprint density at radius 3 is 2.19 bits per heavy atom. The van der Waals surface area contributed by atoms with Gasteiger partial charge in [-0.2, -0.15) is 0 Å². The van der Waals surface area contributed by atoms with Crippen LogP contribution in [0.3, 0.4) is 0 Å². The highest BCUT2D eigenvalue weighted by molar-refractivity contribution is 6.05. The molecule has 6 rings (SSSR count). The van der Waals surface area contributed by atoms with Gasteiger partial charge in [-0.15, -0.1) is 0 Å². The van der Waals surface area contributed by atoms with Gasteiger partial charge >= 0.3 is 0 Å². The van der Waals surface area contributed by atoms with Crippen molar-refractivity contribution in [1.82, 2.24) is 29.8 Å². The lowest BCUT2D eigenvalue weighted by molar-refractivity contribution is -0.134. The molecule has 3 saturated heterocycles. The molecule has 11 heteroatoms. The van der Waals surface area contributed by atoms with Crippen molar-refractivity contribution < 1.29 is 18.8 Å². The van der Waals surface area contributed by atoms with E-state index in [1.807, 2.05) is 54.3 Å². The lowest BCUT2D eigenvalue weighted by Gasteiger charge is -2.39. The molecule has 0 saturated carbocycles. The first-order valence-electron chi connectivity index (χ1n) is 19.3. The van der Waals surface area contributed by atoms with Crippen molar-refractivity contribution in [2.45, 2.75) is 39.7 Å². The molecule has 3 aliphatic rings. The number of likely N-dealkylation sites (tertiary alicyclic amines) is 1. The number of anilines is 1. The third kappa shape index (κ3) is 10.5. The van der Waals surface area contributed by atoms with Crippen LogP contribution in [0, 0.1) is 18.7 Å². The highest BCUT2D eigenvalue weighted by atomic mass is 19.1. The average Bonchev–Trinajstić information content (AvgIpc) is 3.16. The number of piperidine rings is 1. The predicted octanol–water partition coefficient (Wildman–Crippen LogP) is 4.34. The van der Waals surface area contributed by atoms with Gasteiger partial charge in [-0.1, -0.05) is 61.0 Å². The summed E-state index contributed by atoms with van der Waals surface area (Å²) in [7, 11) is 2.10. The number of benzene rings is 3. The van der Waals surface area contributed by atoms with E-state index in [0.29, 0.717) is 37.7 Å². The van der Waals surface area contributed by atoms with Crippen LogP contribution in [0.15, 0.2) is 60.7 Å². The fraction of sp³-hybridized carbons (Fsp3) is 0.500. The van der Waals surface area contributed by atoms with Gasteiger partial charge in [-0.05, 0) is 73.5 Å². The lowest BCUT2D eigenvalue weighted by atomic mass is 9.94. The van der Waals surface area contributed by atoms with Gasteiger partial charge in [-0.3, -0.25) is 19.3 Å². The van der Waals surface area contributed by atoms with E-state index >= 15 is 4.39 Å². The molecule has 3 heterocycles. The molecule has 3 aliphatic heterocycles. The molecule has 0 atom stereocenters. The molecule has 0 unspecified atom stereocenters. The Morgan fingerprint density at radius 1 is 0.774 bits per heavy atom. The van der Waals surface area contributed by atoms with Crippen LogP contribution in [0.5, 0.6) is 0 Å². The number of carbonyl (C=O) groups excluding carboxylic acids is 3. The zero-order valence-corrected chi connectivity index (χ0v) is 31.7. The Kier molecular flexibility index (Phi) is 13.3. The number of hydrogen-bond donors (Lipinski definition) is 2. The second kappa shape index (κ2) is 18.2. The molecule has 3 aromatic rings. The van der Waals surface area contributed by atoms with Crippen LogP contribution in [0.2, 0.25) is 0 Å². The Bertz CT molecular complexity index is 1730. The van der Waals surface area contributed by atoms with Gasteiger partial charge in [0, 0.05) is 78.5 Å². The van der Waals surface area contributed by atoms with E-state index in [0.717, 1.165) is 100 Å². The van der Waals surface area contributed by atoms with Crippen molar-refractivity contribution in [3.8, 4) is 11.1 Å². The number of aryl methyl sites for hydroxylation is 2. The first-order valence-corrected chi connectivity index (χ1v) is 19.3. The molecule has 53 heavy (non-hydrogen) atoms. The summed E-state index contributed by atoms with van der Waals surface area (Å²) in [5.74, 6) is -0.694. The molecule has 3 amide bonds. The monoisotopic (exact) mass is 725 g/mol. The minimum atomic E-state index is -0.636. The molecule has 0 spiro atoms. The molecule has 10 nitrogen and oxygen atoms in total. The van der Waals surface area contributed by atoms with Gasteiger partial charge in [0.05, 0.1) is 24.3 Å². The van der Waals surface area contributed by atoms with Crippen LogP contribution in [-0.4, -0.2) is 134 Å². The number of likely N-dealkylation sites (N-methyl/N-ethyl adjacent to an activating group) is 1. The fourth-order valence-corrected chi connectivity index (χ4v) is 7.72. The summed E-state index contributed by atoms with van der Waals surface area (Å²) in [6.45, 7) is 14.3. The number of halogens is 1. The standard InChI is InChI=1S/C42H56FN7O3/c1-4-32-8-6-10-35(24-32)36-25-37(43)41(38(26-36)45-39(51)28-44-27-34-9-5-7-31(2)23-34)42(53)50-13-11-33(12-14-50)29-47-17-19-48(20-18-47)30-40(52)49-21-15-46(3)16-22-49/h5-10,23-26,33,44H,4,11-22,27-30H2,1-3H3,(H,45,51). The normalized spacial score (nSPS) is 18.0. The minimum Gasteiger partial charge on any atom is -0.339 e. The number of amides is 3. The van der Waals surface area contributed by atoms with Crippen LogP contribution in [-0.2, 0) is 22.6 Å². The highest BCUT2D eigenvalue weighted by Gasteiger charge is 2.30. The number of carbonyl (C=O) groups is 3. The molecule has 0 bridgehead atoms. The van der Waals surface area contributed by atoms with E-state index in [2.05, 4.69) is 45.4 Å². The molecule has 0 aliphatic carbocycles. The van der Waals surface area contributed by atoms with E-state index in [4.69, 9.17) is 0 Å². The number of nitrogens with zero attached hydrogens (tertiary/aromatic N) is 5. The highest BCUT2D eigenvalue weighted by Crippen LogP contribution is 2.31. The third-order valence-electron chi connectivity index (χ3n) is 11.0. The van der Waals surface area contributed by atoms with Gasteiger partial charge in [-0.25, -0.2) is 4.39 Å². The predicted molar refractivity (Wildman–Crippen MR) is 208 cm³/mol. The zero-order chi connectivity index (χ0) is 37.3. The number of hydrogen-bond acceptors (Lipinski definition) is 7. The second-order valence-corrected chi connectivity index (χ2v) is 15.1. The molecule has 284 valence electrons. The maximum Gasteiger partial charge on any atom is 0.258 e. The summed E-state index contributed by atoms with van der Waals surface area (Å²) in [5, 5.41) is 6.06. The largest absolute Gasteiger partial charge is 0.339 e. The average molecular weight is 726 g/mol. The van der Waals surface area contributed by atoms with E-state index in [1.54, 1.807) is 11.0 Å². The summed E-state index contributed by atoms with van der Waals surface area (Å²) in [6.07, 6.45) is 2.51. The van der Waals surface area contributed by atoms with Crippen molar-refractivity contribution in [3.63, 3.8) is 0 Å². The third-order valence-corrected chi connectivity index (χ3v) is 11.0. The molecular formula is C42H56FN7O3. The Hall–Kier alpha value is -4.16. The van der Waals surface area contributed by atoms with Crippen molar-refractivity contribution in [3.05, 3.63) is 88.7 Å². The first kappa shape index (κ1) is 38.6. The molecule has 3 aromatic carbocycles. The smallest absolute Gasteiger partial charge is 0.258 e. The lowest BCUT2D eigenvalue weighted by Crippen LogP contribution is -2.53. The van der Waals surface area contributed by atoms with Crippen molar-refractivity contribution >= 4 is 23.4 Å². The second-order valence-electron chi connectivity index (χ2n) is 15.1. The maximum atomic E-state index is 16.1. The summed E-state index contributed by atoms with van der Waals surface area (Å²) in [5.41, 5.74) is 4.88. The van der Waals surface area contributed by atoms with Crippen LogP contribution < -0.4 is 10.6 Å². The van der Waals surface area contributed by atoms with Crippen molar-refractivity contribution in [2.24, 2.45) is 5.92 Å². The summed E-state index contributed by atoms with van der Waals surface area (Å²) < 4.78 is 16.1. The first-order chi connectivity index (χ1) is 25.6. The van der Waals surface area contributed by atoms with Crippen molar-refractivity contribution in [1.29, 1.82) is 0 Å². The van der Waals surface area contributed by atoms with E-state index in [-0.39, 0.29) is 29.6 Å². The van der Waals surface area contributed by atoms with Crippen LogP contribution in [0.25, 0.3) is 11.1 Å². The summed E-state index contributed by atoms with van der Waals surface area (Å²) in [6, 6.07) is 19.1. The number of piperazine rings is 2. The SMILES string of the molecule is CCc1cccc(-c2cc(F)c(C(=O)N3CCC(CN4CCN(CC(=O)N5CCN(C)CC5)CC4)CC3)c(NC(=O)CNCc3cccc(C)c3)c2)c1. The Balaban J connectivity index is 1.05. The Labute approximate surface area is 314 Å². The molecule has 3 fully saturated rings. The summed E-state index contributed by atoms with van der Waals surface area (Å²) >= 11 is 0. The number of rotatable bonds is 12. The molecule has 0 aromatic heterocycles. The van der Waals surface area contributed by atoms with Gasteiger partial charge < -0.3 is 30.2 Å². The molecular weight excluding hydrogens is 670 g/mol. The quantitative estimate of drug-likeness (QED) is 0.288. The van der Waals surface area contributed by atoms with Gasteiger partial charge in [0.1, 0.15) is 5.82 Å². The molecule has 0 radical (unpaired) electrons. The minimum absolute atomic E-state index is 0.0188. The Morgan fingerprint density at radius 2 is 1.47 bits per heavy atom. The van der Waals surface area contributed by atoms with E-state index < -0.39 is 11.7 Å². The van der Waals surface area contributed by atoms with Gasteiger partial charge in [0.15, 0.2) is 0 Å². The maximum absolute atomic E-state index is 16.1. The van der Waals surface area contributed by atoms with E-state index in [1.165, 1.54) is 6.07 Å². The van der Waals surface area contributed by atoms with Gasteiger partial charge in [0.25, 0.3) is 5.91 Å².